The van der Waals surface area contributed by atoms with Crippen LogP contribution in [0.15, 0.2) is 12.1 Å². The molecule has 18 heavy (non-hydrogen) atoms. The summed E-state index contributed by atoms with van der Waals surface area (Å²) in [6.45, 7) is 12.1. The second-order valence-corrected chi connectivity index (χ2v) is 4.38. The molecule has 0 fully saturated rings. The summed E-state index contributed by atoms with van der Waals surface area (Å²) in [4.78, 5) is 0. The van der Waals surface area contributed by atoms with Crippen molar-refractivity contribution >= 4 is 0 Å². The first kappa shape index (κ1) is 15.2. The highest BCUT2D eigenvalue weighted by Gasteiger charge is 2.01. The Kier molecular flexibility index (Phi) is 7.65. The third kappa shape index (κ3) is 5.63. The number of hydrogen-bond donors (Lipinski definition) is 3. The van der Waals surface area contributed by atoms with Gasteiger partial charge in [-0.3, -0.25) is 0 Å². The molecule has 1 aromatic rings. The third-order valence-corrected chi connectivity index (χ3v) is 2.75. The van der Waals surface area contributed by atoms with Crippen LogP contribution in [-0.2, 0) is 19.6 Å². The molecule has 0 aliphatic rings. The normalized spacial score (nSPS) is 10.8. The number of rotatable bonds is 9. The molecule has 3 N–H and O–H groups in total. The highest BCUT2D eigenvalue weighted by Crippen LogP contribution is 2.10. The molecule has 3 heteroatoms. The topological polar surface area (TPSA) is 36.1 Å². The summed E-state index contributed by atoms with van der Waals surface area (Å²) in [7, 11) is 0. The number of benzene rings is 1. The Morgan fingerprint density at radius 2 is 1.22 bits per heavy atom. The van der Waals surface area contributed by atoms with Gasteiger partial charge in [-0.2, -0.15) is 0 Å². The molecule has 0 amide bonds. The van der Waals surface area contributed by atoms with Gasteiger partial charge < -0.3 is 16.0 Å². The third-order valence-electron chi connectivity index (χ3n) is 2.75. The van der Waals surface area contributed by atoms with Crippen molar-refractivity contribution in [1.29, 1.82) is 0 Å². The Labute approximate surface area is 111 Å². The lowest BCUT2D eigenvalue weighted by molar-refractivity contribution is 0.698. The first-order valence-electron chi connectivity index (χ1n) is 6.96. The van der Waals surface area contributed by atoms with E-state index in [1.165, 1.54) is 16.7 Å². The van der Waals surface area contributed by atoms with Crippen LogP contribution in [0.2, 0.25) is 0 Å². The Bertz CT molecular complexity index is 272. The zero-order valence-electron chi connectivity index (χ0n) is 11.9. The van der Waals surface area contributed by atoms with Gasteiger partial charge in [-0.05, 0) is 42.4 Å². The molecule has 0 heterocycles. The second kappa shape index (κ2) is 9.09. The number of nitrogens with one attached hydrogen (secondary N) is 3. The lowest BCUT2D eigenvalue weighted by atomic mass is 10.0. The molecule has 1 radical (unpaired) electrons. The SMILES string of the molecule is CCNCc1[c]c(CNCC)cc(CNCC)c1. The summed E-state index contributed by atoms with van der Waals surface area (Å²) in [5, 5.41) is 10.1. The Morgan fingerprint density at radius 3 is 1.67 bits per heavy atom. The van der Waals surface area contributed by atoms with Crippen LogP contribution in [0.5, 0.6) is 0 Å². The molecule has 3 nitrogen and oxygen atoms in total. The van der Waals surface area contributed by atoms with E-state index in [4.69, 9.17) is 0 Å². The number of hydrogen-bond acceptors (Lipinski definition) is 3. The molecule has 0 aromatic heterocycles. The zero-order chi connectivity index (χ0) is 13.2. The highest BCUT2D eigenvalue weighted by atomic mass is 14.9. The van der Waals surface area contributed by atoms with E-state index in [2.05, 4.69) is 54.9 Å². The molecular weight excluding hydrogens is 222 g/mol. The molecule has 0 aliphatic carbocycles. The van der Waals surface area contributed by atoms with E-state index >= 15 is 0 Å². The van der Waals surface area contributed by atoms with Crippen molar-refractivity contribution in [3.05, 3.63) is 34.9 Å². The average Bonchev–Trinajstić information content (AvgIpc) is 2.40. The lowest BCUT2D eigenvalue weighted by Crippen LogP contribution is -2.17. The maximum atomic E-state index is 3.48. The predicted octanol–water partition coefficient (Wildman–Crippen LogP) is 1.82. The molecule has 0 atom stereocenters. The van der Waals surface area contributed by atoms with Crippen LogP contribution in [0.25, 0.3) is 0 Å². The fraction of sp³-hybridized carbons (Fsp3) is 0.600. The van der Waals surface area contributed by atoms with Crippen LogP contribution < -0.4 is 16.0 Å². The van der Waals surface area contributed by atoms with Crippen LogP contribution in [0.3, 0.4) is 0 Å². The summed E-state index contributed by atoms with van der Waals surface area (Å²) in [5.74, 6) is 0. The van der Waals surface area contributed by atoms with Crippen molar-refractivity contribution in [3.8, 4) is 0 Å². The summed E-state index contributed by atoms with van der Waals surface area (Å²) in [6.07, 6.45) is 0. The largest absolute Gasteiger partial charge is 0.313 e. The van der Waals surface area contributed by atoms with Gasteiger partial charge in [0.25, 0.3) is 0 Å². The van der Waals surface area contributed by atoms with Crippen LogP contribution in [-0.4, -0.2) is 19.6 Å². The van der Waals surface area contributed by atoms with Gasteiger partial charge in [0.15, 0.2) is 0 Å². The first-order valence-corrected chi connectivity index (χ1v) is 6.96. The standard InChI is InChI=1S/C15H26N3/c1-4-16-10-13-7-14(11-17-5-2)9-15(8-13)12-18-6-3/h7-8,16-18H,4-6,10-12H2,1-3H3. The van der Waals surface area contributed by atoms with E-state index in [1.54, 1.807) is 0 Å². The van der Waals surface area contributed by atoms with Gasteiger partial charge in [0, 0.05) is 19.6 Å². The average molecular weight is 248 g/mol. The van der Waals surface area contributed by atoms with Gasteiger partial charge in [-0.25, -0.2) is 0 Å². The Hall–Kier alpha value is -0.900. The summed E-state index contributed by atoms with van der Waals surface area (Å²) < 4.78 is 0. The van der Waals surface area contributed by atoms with Gasteiger partial charge in [-0.15, -0.1) is 0 Å². The fourth-order valence-corrected chi connectivity index (χ4v) is 1.85. The predicted molar refractivity (Wildman–Crippen MR) is 77.4 cm³/mol. The van der Waals surface area contributed by atoms with Crippen molar-refractivity contribution in [2.24, 2.45) is 0 Å². The molecule has 101 valence electrons. The lowest BCUT2D eigenvalue weighted by Gasteiger charge is -2.10. The van der Waals surface area contributed by atoms with Gasteiger partial charge in [0.1, 0.15) is 0 Å². The van der Waals surface area contributed by atoms with Crippen LogP contribution >= 0.6 is 0 Å². The van der Waals surface area contributed by atoms with Gasteiger partial charge in [-0.1, -0.05) is 32.9 Å². The minimum atomic E-state index is 0.898. The minimum absolute atomic E-state index is 0.898. The van der Waals surface area contributed by atoms with E-state index < -0.39 is 0 Å². The van der Waals surface area contributed by atoms with Crippen LogP contribution in [0, 0.1) is 6.07 Å². The molecule has 0 saturated heterocycles. The quantitative estimate of drug-likeness (QED) is 0.624. The first-order chi connectivity index (χ1) is 8.80. The molecule has 0 bridgehead atoms. The maximum Gasteiger partial charge on any atom is 0.0211 e. The van der Waals surface area contributed by atoms with Crippen LogP contribution in [0.1, 0.15) is 37.5 Å². The summed E-state index contributed by atoms with van der Waals surface area (Å²) in [6, 6.07) is 7.95. The fourth-order valence-electron chi connectivity index (χ4n) is 1.85. The molecule has 1 aromatic carbocycles. The van der Waals surface area contributed by atoms with Crippen molar-refractivity contribution in [3.63, 3.8) is 0 Å². The molecule has 0 aliphatic heterocycles. The van der Waals surface area contributed by atoms with Crippen LogP contribution in [0.4, 0.5) is 0 Å². The molecule has 0 spiro atoms. The highest BCUT2D eigenvalue weighted by molar-refractivity contribution is 5.29. The summed E-state index contributed by atoms with van der Waals surface area (Å²) >= 11 is 0. The molecule has 0 unspecified atom stereocenters. The van der Waals surface area contributed by atoms with Crippen molar-refractivity contribution < 1.29 is 0 Å². The van der Waals surface area contributed by atoms with Crippen molar-refractivity contribution in [1.82, 2.24) is 16.0 Å². The zero-order valence-corrected chi connectivity index (χ0v) is 11.9. The van der Waals surface area contributed by atoms with E-state index in [0.717, 1.165) is 39.3 Å². The molecular formula is C15H26N3. The molecule has 1 rings (SSSR count). The van der Waals surface area contributed by atoms with Gasteiger partial charge >= 0.3 is 0 Å². The Morgan fingerprint density at radius 1 is 0.778 bits per heavy atom. The summed E-state index contributed by atoms with van der Waals surface area (Å²) in [5.41, 5.74) is 3.84. The van der Waals surface area contributed by atoms with Gasteiger partial charge in [0.2, 0.25) is 0 Å². The molecule has 0 saturated carbocycles. The van der Waals surface area contributed by atoms with E-state index in [0.29, 0.717) is 0 Å². The smallest absolute Gasteiger partial charge is 0.0211 e. The van der Waals surface area contributed by atoms with Crippen molar-refractivity contribution in [2.45, 2.75) is 40.4 Å². The second-order valence-electron chi connectivity index (χ2n) is 4.38. The van der Waals surface area contributed by atoms with Crippen molar-refractivity contribution in [2.75, 3.05) is 19.6 Å². The maximum absolute atomic E-state index is 3.48. The minimum Gasteiger partial charge on any atom is -0.313 e. The Balaban J connectivity index is 2.74. The van der Waals surface area contributed by atoms with Gasteiger partial charge in [0.05, 0.1) is 0 Å². The van der Waals surface area contributed by atoms with E-state index in [1.807, 2.05) is 0 Å². The van der Waals surface area contributed by atoms with E-state index in [9.17, 15) is 0 Å². The monoisotopic (exact) mass is 248 g/mol. The van der Waals surface area contributed by atoms with E-state index in [-0.39, 0.29) is 0 Å².